The van der Waals surface area contributed by atoms with Crippen LogP contribution >= 0.6 is 11.8 Å². The Labute approximate surface area is 86.2 Å². The Bertz CT molecular complexity index is 137. The van der Waals surface area contributed by atoms with E-state index >= 15 is 0 Å². The van der Waals surface area contributed by atoms with E-state index in [9.17, 15) is 0 Å². The zero-order valence-electron chi connectivity index (χ0n) is 8.83. The van der Waals surface area contributed by atoms with Crippen molar-refractivity contribution in [1.29, 1.82) is 0 Å². The number of rotatable bonds is 4. The topological polar surface area (TPSA) is 29.3 Å². The molecule has 0 spiro atoms. The van der Waals surface area contributed by atoms with Gasteiger partial charge in [-0.3, -0.25) is 4.90 Å². The third-order valence-electron chi connectivity index (χ3n) is 2.89. The molecule has 0 aromatic heterocycles. The van der Waals surface area contributed by atoms with Crippen molar-refractivity contribution < 1.29 is 0 Å². The first-order valence-electron chi connectivity index (χ1n) is 5.37. The fourth-order valence-corrected chi connectivity index (χ4v) is 3.10. The molecule has 2 nitrogen and oxygen atoms in total. The normalized spacial score (nSPS) is 27.5. The Morgan fingerprint density at radius 1 is 1.54 bits per heavy atom. The summed E-state index contributed by atoms with van der Waals surface area (Å²) in [5.41, 5.74) is 5.75. The van der Waals surface area contributed by atoms with E-state index in [4.69, 9.17) is 5.73 Å². The van der Waals surface area contributed by atoms with E-state index in [1.807, 2.05) is 0 Å². The first-order chi connectivity index (χ1) is 6.31. The van der Waals surface area contributed by atoms with Crippen molar-refractivity contribution in [1.82, 2.24) is 4.90 Å². The molecule has 0 saturated carbocycles. The molecular formula is C10H22N2S. The molecule has 1 rings (SSSR count). The van der Waals surface area contributed by atoms with E-state index in [0.717, 1.165) is 11.8 Å². The quantitative estimate of drug-likeness (QED) is 0.750. The van der Waals surface area contributed by atoms with Crippen LogP contribution in [0.25, 0.3) is 0 Å². The third kappa shape index (κ3) is 3.15. The Kier molecular flexibility index (Phi) is 5.14. The van der Waals surface area contributed by atoms with Gasteiger partial charge in [0.25, 0.3) is 0 Å². The van der Waals surface area contributed by atoms with E-state index in [0.29, 0.717) is 6.04 Å². The average Bonchev–Trinajstić information content (AvgIpc) is 2.20. The second-order valence-electron chi connectivity index (χ2n) is 3.69. The highest BCUT2D eigenvalue weighted by Gasteiger charge is 2.23. The lowest BCUT2D eigenvalue weighted by molar-refractivity contribution is 0.201. The maximum atomic E-state index is 5.75. The number of nitrogens with two attached hydrogens (primary N) is 1. The molecule has 0 amide bonds. The molecule has 2 atom stereocenters. The molecular weight excluding hydrogens is 180 g/mol. The maximum absolute atomic E-state index is 5.75. The number of hydrogen-bond donors (Lipinski definition) is 1. The fourth-order valence-electron chi connectivity index (χ4n) is 1.89. The molecule has 1 saturated heterocycles. The number of thioether (sulfide) groups is 1. The predicted molar refractivity (Wildman–Crippen MR) is 61.2 cm³/mol. The van der Waals surface area contributed by atoms with Crippen LogP contribution in [0.3, 0.4) is 0 Å². The lowest BCUT2D eigenvalue weighted by atomic mass is 10.1. The summed E-state index contributed by atoms with van der Waals surface area (Å²) in [5.74, 6) is 1.29. The van der Waals surface area contributed by atoms with Gasteiger partial charge < -0.3 is 5.73 Å². The molecule has 1 aliphatic heterocycles. The highest BCUT2D eigenvalue weighted by Crippen LogP contribution is 2.22. The third-order valence-corrected chi connectivity index (χ3v) is 4.26. The van der Waals surface area contributed by atoms with Gasteiger partial charge in [-0.1, -0.05) is 13.8 Å². The minimum absolute atomic E-state index is 0.620. The van der Waals surface area contributed by atoms with Crippen LogP contribution in [0.1, 0.15) is 26.7 Å². The van der Waals surface area contributed by atoms with Crippen LogP contribution in [0.4, 0.5) is 0 Å². The van der Waals surface area contributed by atoms with Crippen molar-refractivity contribution in [2.24, 2.45) is 5.73 Å². The molecule has 78 valence electrons. The Hall–Kier alpha value is 0.270. The highest BCUT2D eigenvalue weighted by atomic mass is 32.2. The van der Waals surface area contributed by atoms with Crippen LogP contribution < -0.4 is 5.73 Å². The van der Waals surface area contributed by atoms with Crippen molar-refractivity contribution in [3.63, 3.8) is 0 Å². The standard InChI is InChI=1S/C10H22N2S/c1-3-9(7-11)12-5-6-13-10(4-2)8-12/h9-10H,3-8,11H2,1-2H3. The molecule has 0 aromatic carbocycles. The van der Waals surface area contributed by atoms with Crippen molar-refractivity contribution in [2.45, 2.75) is 38.0 Å². The van der Waals surface area contributed by atoms with Gasteiger partial charge in [0.1, 0.15) is 0 Å². The molecule has 13 heavy (non-hydrogen) atoms. The molecule has 1 heterocycles. The highest BCUT2D eigenvalue weighted by molar-refractivity contribution is 8.00. The van der Waals surface area contributed by atoms with Crippen molar-refractivity contribution in [3.05, 3.63) is 0 Å². The maximum Gasteiger partial charge on any atom is 0.0216 e. The van der Waals surface area contributed by atoms with Crippen molar-refractivity contribution in [3.8, 4) is 0 Å². The molecule has 0 aliphatic carbocycles. The zero-order chi connectivity index (χ0) is 9.68. The average molecular weight is 202 g/mol. The smallest absolute Gasteiger partial charge is 0.0216 e. The molecule has 3 heteroatoms. The van der Waals surface area contributed by atoms with Gasteiger partial charge in [0.15, 0.2) is 0 Å². The van der Waals surface area contributed by atoms with Gasteiger partial charge in [-0.05, 0) is 12.8 Å². The Morgan fingerprint density at radius 2 is 2.31 bits per heavy atom. The predicted octanol–water partition coefficient (Wildman–Crippen LogP) is 1.55. The first-order valence-corrected chi connectivity index (χ1v) is 6.42. The minimum Gasteiger partial charge on any atom is -0.329 e. The number of nitrogens with zero attached hydrogens (tertiary/aromatic N) is 1. The molecule has 1 aliphatic rings. The summed E-state index contributed by atoms with van der Waals surface area (Å²) < 4.78 is 0. The lowest BCUT2D eigenvalue weighted by Gasteiger charge is -2.36. The molecule has 0 aromatic rings. The number of hydrogen-bond acceptors (Lipinski definition) is 3. The van der Waals surface area contributed by atoms with E-state index in [1.165, 1.54) is 31.7 Å². The fraction of sp³-hybridized carbons (Fsp3) is 1.00. The van der Waals surface area contributed by atoms with Gasteiger partial charge in [-0.15, -0.1) is 0 Å². The summed E-state index contributed by atoms with van der Waals surface area (Å²) in [4.78, 5) is 2.57. The second kappa shape index (κ2) is 5.89. The largest absolute Gasteiger partial charge is 0.329 e. The molecule has 0 radical (unpaired) electrons. The van der Waals surface area contributed by atoms with Crippen molar-refractivity contribution >= 4 is 11.8 Å². The van der Waals surface area contributed by atoms with Crippen LogP contribution in [0.15, 0.2) is 0 Å². The Balaban J connectivity index is 2.40. The molecule has 2 N–H and O–H groups in total. The second-order valence-corrected chi connectivity index (χ2v) is 5.10. The Morgan fingerprint density at radius 3 is 2.85 bits per heavy atom. The van der Waals surface area contributed by atoms with E-state index in [-0.39, 0.29) is 0 Å². The van der Waals surface area contributed by atoms with Gasteiger partial charge >= 0.3 is 0 Å². The summed E-state index contributed by atoms with van der Waals surface area (Å²) in [6.07, 6.45) is 2.49. The SMILES string of the molecule is CCC1CN(C(CC)CN)CCS1. The molecule has 2 unspecified atom stereocenters. The van der Waals surface area contributed by atoms with E-state index in [2.05, 4.69) is 30.5 Å². The van der Waals surface area contributed by atoms with Gasteiger partial charge in [-0.2, -0.15) is 11.8 Å². The summed E-state index contributed by atoms with van der Waals surface area (Å²) in [5, 5.41) is 0.842. The van der Waals surface area contributed by atoms with Gasteiger partial charge in [-0.25, -0.2) is 0 Å². The minimum atomic E-state index is 0.620. The summed E-state index contributed by atoms with van der Waals surface area (Å²) in [7, 11) is 0. The summed E-state index contributed by atoms with van der Waals surface area (Å²) >= 11 is 2.12. The molecule has 0 bridgehead atoms. The van der Waals surface area contributed by atoms with Crippen LogP contribution in [-0.4, -0.2) is 41.6 Å². The van der Waals surface area contributed by atoms with Crippen LogP contribution in [0, 0.1) is 0 Å². The summed E-state index contributed by atoms with van der Waals surface area (Å²) in [6.45, 7) is 7.82. The lowest BCUT2D eigenvalue weighted by Crippen LogP contribution is -2.47. The first kappa shape index (κ1) is 11.3. The van der Waals surface area contributed by atoms with Crippen LogP contribution in [-0.2, 0) is 0 Å². The van der Waals surface area contributed by atoms with Crippen LogP contribution in [0.2, 0.25) is 0 Å². The van der Waals surface area contributed by atoms with E-state index in [1.54, 1.807) is 0 Å². The van der Waals surface area contributed by atoms with Gasteiger partial charge in [0, 0.05) is 36.7 Å². The van der Waals surface area contributed by atoms with E-state index < -0.39 is 0 Å². The van der Waals surface area contributed by atoms with Gasteiger partial charge in [0.2, 0.25) is 0 Å². The van der Waals surface area contributed by atoms with Crippen LogP contribution in [0.5, 0.6) is 0 Å². The zero-order valence-corrected chi connectivity index (χ0v) is 9.65. The monoisotopic (exact) mass is 202 g/mol. The molecule has 1 fully saturated rings. The van der Waals surface area contributed by atoms with Crippen molar-refractivity contribution in [2.75, 3.05) is 25.4 Å². The van der Waals surface area contributed by atoms with Gasteiger partial charge in [0.05, 0.1) is 0 Å². The summed E-state index contributed by atoms with van der Waals surface area (Å²) in [6, 6.07) is 0.620.